The Morgan fingerprint density at radius 3 is 2.21 bits per heavy atom. The minimum atomic E-state index is -2.04. The van der Waals surface area contributed by atoms with Crippen LogP contribution in [0.4, 0.5) is 10.6 Å². The van der Waals surface area contributed by atoms with Gasteiger partial charge in [-0.1, -0.05) is 30.3 Å². The zero-order chi connectivity index (χ0) is 29.1. The number of carbonyl (C=O) groups is 3. The average Bonchev–Trinajstić information content (AvgIpc) is 3.00. The normalized spacial score (nSPS) is 28.0. The molecule has 14 heteroatoms. The highest BCUT2D eigenvalue weighted by molar-refractivity contribution is 5.94. The first-order valence-electron chi connectivity index (χ1n) is 12.0. The number of amides is 3. The molecule has 0 spiro atoms. The summed E-state index contributed by atoms with van der Waals surface area (Å²) in [4.78, 5) is 52.5. The smallest absolute Gasteiger partial charge is 0.407 e. The van der Waals surface area contributed by atoms with Crippen molar-refractivity contribution >= 4 is 23.7 Å². The molecule has 4 atom stereocenters. The lowest BCUT2D eigenvalue weighted by atomic mass is 9.73. The standard InChI is InChI=1S/C25H33N5O9/c1-22(15-31)23(2,36)24(3,37)25(4,39-22)30-11-10-17(29-20(30)34)28-19(33)13-26-18(32)12-27-21(35)38-14-16-8-6-5-7-9-16/h5-11,31,36-37H,12-15H2,1-4H3,(H,26,32)(H,27,35)(H,28,29,33,34). The summed E-state index contributed by atoms with van der Waals surface area (Å²) in [7, 11) is 0. The van der Waals surface area contributed by atoms with Crippen LogP contribution >= 0.6 is 0 Å². The predicted molar refractivity (Wildman–Crippen MR) is 136 cm³/mol. The molecule has 2 heterocycles. The first-order chi connectivity index (χ1) is 18.2. The van der Waals surface area contributed by atoms with Gasteiger partial charge >= 0.3 is 11.8 Å². The van der Waals surface area contributed by atoms with E-state index in [2.05, 4.69) is 20.9 Å². The first-order valence-corrected chi connectivity index (χ1v) is 12.0. The summed E-state index contributed by atoms with van der Waals surface area (Å²) in [5, 5.41) is 38.8. The molecule has 0 bridgehead atoms. The molecule has 39 heavy (non-hydrogen) atoms. The quantitative estimate of drug-likeness (QED) is 0.230. The summed E-state index contributed by atoms with van der Waals surface area (Å²) in [6.45, 7) is 3.82. The topological polar surface area (TPSA) is 201 Å². The number of ether oxygens (including phenoxy) is 2. The third-order valence-corrected chi connectivity index (χ3v) is 7.19. The fourth-order valence-electron chi connectivity index (χ4n) is 4.23. The Labute approximate surface area is 224 Å². The van der Waals surface area contributed by atoms with Gasteiger partial charge in [0, 0.05) is 6.20 Å². The second-order valence-corrected chi connectivity index (χ2v) is 9.82. The summed E-state index contributed by atoms with van der Waals surface area (Å²) in [6.07, 6.45) is 0.408. The van der Waals surface area contributed by atoms with Crippen LogP contribution in [0.2, 0.25) is 0 Å². The van der Waals surface area contributed by atoms with Gasteiger partial charge in [0.2, 0.25) is 11.8 Å². The van der Waals surface area contributed by atoms with E-state index in [9.17, 15) is 34.5 Å². The monoisotopic (exact) mass is 547 g/mol. The molecule has 3 rings (SSSR count). The fraction of sp³-hybridized carbons (Fsp3) is 0.480. The maximum atomic E-state index is 12.8. The molecule has 14 nitrogen and oxygen atoms in total. The zero-order valence-electron chi connectivity index (χ0n) is 22.1. The van der Waals surface area contributed by atoms with Crippen LogP contribution < -0.4 is 21.6 Å². The van der Waals surface area contributed by atoms with E-state index in [-0.39, 0.29) is 12.4 Å². The third kappa shape index (κ3) is 5.78. The molecule has 1 aliphatic heterocycles. The number of alkyl carbamates (subject to hydrolysis) is 1. The molecule has 1 aromatic carbocycles. The van der Waals surface area contributed by atoms with E-state index in [1.807, 2.05) is 6.07 Å². The number of nitrogens with zero attached hydrogens (tertiary/aromatic N) is 2. The molecular weight excluding hydrogens is 514 g/mol. The van der Waals surface area contributed by atoms with Gasteiger partial charge in [-0.05, 0) is 39.3 Å². The van der Waals surface area contributed by atoms with Crippen LogP contribution in [0.1, 0.15) is 33.3 Å². The van der Waals surface area contributed by atoms with E-state index >= 15 is 0 Å². The highest BCUT2D eigenvalue weighted by Crippen LogP contribution is 2.53. The molecule has 1 fully saturated rings. The molecule has 3 amide bonds. The number of aliphatic hydroxyl groups is 3. The summed E-state index contributed by atoms with van der Waals surface area (Å²) >= 11 is 0. The molecule has 0 saturated carbocycles. The number of rotatable bonds is 9. The molecule has 0 aliphatic carbocycles. The number of hydrogen-bond donors (Lipinski definition) is 6. The molecule has 2 aromatic rings. The fourth-order valence-corrected chi connectivity index (χ4v) is 4.23. The highest BCUT2D eigenvalue weighted by atomic mass is 16.6. The number of aromatic nitrogens is 2. The third-order valence-electron chi connectivity index (χ3n) is 7.19. The number of benzene rings is 1. The van der Waals surface area contributed by atoms with E-state index in [0.717, 1.165) is 10.1 Å². The van der Waals surface area contributed by atoms with Gasteiger partial charge in [0.1, 0.15) is 35.8 Å². The van der Waals surface area contributed by atoms with E-state index < -0.39 is 65.8 Å². The lowest BCUT2D eigenvalue weighted by molar-refractivity contribution is -0.196. The Morgan fingerprint density at radius 1 is 0.974 bits per heavy atom. The lowest BCUT2D eigenvalue weighted by Crippen LogP contribution is -2.64. The van der Waals surface area contributed by atoms with Crippen molar-refractivity contribution in [3.63, 3.8) is 0 Å². The van der Waals surface area contributed by atoms with Crippen LogP contribution in [0.5, 0.6) is 0 Å². The first kappa shape index (κ1) is 29.7. The lowest BCUT2D eigenvalue weighted by Gasteiger charge is -2.42. The van der Waals surface area contributed by atoms with Gasteiger partial charge in [-0.25, -0.2) is 9.59 Å². The van der Waals surface area contributed by atoms with Crippen molar-refractivity contribution in [3.05, 3.63) is 58.6 Å². The van der Waals surface area contributed by atoms with Crippen LogP contribution in [0.15, 0.2) is 47.4 Å². The van der Waals surface area contributed by atoms with Crippen LogP contribution in [-0.2, 0) is 31.4 Å². The minimum Gasteiger partial charge on any atom is -0.445 e. The van der Waals surface area contributed by atoms with Crippen molar-refractivity contribution in [2.45, 2.75) is 56.8 Å². The minimum absolute atomic E-state index is 0.0331. The number of nitrogens with one attached hydrogen (secondary N) is 3. The van der Waals surface area contributed by atoms with Gasteiger partial charge in [0.15, 0.2) is 5.72 Å². The van der Waals surface area contributed by atoms with Crippen LogP contribution in [0.3, 0.4) is 0 Å². The predicted octanol–water partition coefficient (Wildman–Crippen LogP) is -0.820. The molecule has 6 N–H and O–H groups in total. The Bertz CT molecular complexity index is 1280. The van der Waals surface area contributed by atoms with Crippen molar-refractivity contribution in [2.24, 2.45) is 0 Å². The van der Waals surface area contributed by atoms with Gasteiger partial charge in [-0.15, -0.1) is 0 Å². The molecule has 1 aliphatic rings. The van der Waals surface area contributed by atoms with Gasteiger partial charge < -0.3 is 40.7 Å². The molecule has 1 saturated heterocycles. The Hall–Kier alpha value is -3.85. The largest absolute Gasteiger partial charge is 0.445 e. The van der Waals surface area contributed by atoms with Crippen LogP contribution in [-0.4, -0.2) is 79.3 Å². The van der Waals surface area contributed by atoms with Crippen molar-refractivity contribution < 1.29 is 39.2 Å². The summed E-state index contributed by atoms with van der Waals surface area (Å²) in [5.41, 5.74) is -7.58. The number of anilines is 1. The van der Waals surface area contributed by atoms with Crippen molar-refractivity contribution in [1.82, 2.24) is 20.2 Å². The number of carbonyl (C=O) groups excluding carboxylic acids is 3. The van der Waals surface area contributed by atoms with Gasteiger partial charge in [-0.3, -0.25) is 14.2 Å². The summed E-state index contributed by atoms with van der Waals surface area (Å²) in [6, 6.07) is 10.2. The Balaban J connectivity index is 1.53. The van der Waals surface area contributed by atoms with Crippen LogP contribution in [0, 0.1) is 0 Å². The highest BCUT2D eigenvalue weighted by Gasteiger charge is 2.72. The molecule has 212 valence electrons. The van der Waals surface area contributed by atoms with Gasteiger partial charge in [0.25, 0.3) is 0 Å². The summed E-state index contributed by atoms with van der Waals surface area (Å²) < 4.78 is 11.8. The Morgan fingerprint density at radius 2 is 1.62 bits per heavy atom. The van der Waals surface area contributed by atoms with E-state index in [1.54, 1.807) is 24.3 Å². The van der Waals surface area contributed by atoms with Gasteiger partial charge in [-0.2, -0.15) is 4.98 Å². The van der Waals surface area contributed by atoms with Crippen molar-refractivity contribution in [3.8, 4) is 0 Å². The van der Waals surface area contributed by atoms with Crippen molar-refractivity contribution in [1.29, 1.82) is 0 Å². The maximum absolute atomic E-state index is 12.8. The molecule has 1 aromatic heterocycles. The molecule has 4 unspecified atom stereocenters. The average molecular weight is 548 g/mol. The van der Waals surface area contributed by atoms with E-state index in [0.29, 0.717) is 0 Å². The maximum Gasteiger partial charge on any atom is 0.407 e. The van der Waals surface area contributed by atoms with Crippen LogP contribution in [0.25, 0.3) is 0 Å². The zero-order valence-corrected chi connectivity index (χ0v) is 22.1. The number of hydrogen-bond acceptors (Lipinski definition) is 10. The summed E-state index contributed by atoms with van der Waals surface area (Å²) in [5.74, 6) is -1.50. The van der Waals surface area contributed by atoms with E-state index in [1.165, 1.54) is 40.0 Å². The van der Waals surface area contributed by atoms with Crippen molar-refractivity contribution in [2.75, 3.05) is 25.0 Å². The molecule has 0 radical (unpaired) electrons. The molecular formula is C25H33N5O9. The van der Waals surface area contributed by atoms with Gasteiger partial charge in [0.05, 0.1) is 13.2 Å². The van der Waals surface area contributed by atoms with E-state index in [4.69, 9.17) is 9.47 Å². The second kappa shape index (κ2) is 11.1. The Kier molecular flexibility index (Phi) is 8.45. The SMILES string of the molecule is CC1(CO)OC(C)(n2ccc(NC(=O)CNC(=O)CNC(=O)OCc3ccccc3)nc2=O)C(C)(O)C1(C)O. The second-order valence-electron chi connectivity index (χ2n) is 9.82. The number of aliphatic hydroxyl groups excluding tert-OH is 1.